The number of esters is 1. The Hall–Kier alpha value is -2.72. The molecule has 0 aromatic heterocycles. The lowest BCUT2D eigenvalue weighted by atomic mass is 9.64. The predicted molar refractivity (Wildman–Crippen MR) is 145 cm³/mol. The second kappa shape index (κ2) is 12.0. The number of carbonyl (C=O) groups is 1. The molecular formula is C32H37O3S+. The van der Waals surface area contributed by atoms with Gasteiger partial charge in [0.1, 0.15) is 5.75 Å². The maximum absolute atomic E-state index is 12.4. The minimum absolute atomic E-state index is 0.0417. The smallest absolute Gasteiger partial charge is 0.344 e. The van der Waals surface area contributed by atoms with E-state index in [1.54, 1.807) is 0 Å². The van der Waals surface area contributed by atoms with E-state index in [0.717, 1.165) is 17.8 Å². The number of carbonyl (C=O) groups excluding carboxylic acids is 1. The van der Waals surface area contributed by atoms with Gasteiger partial charge in [0.25, 0.3) is 0 Å². The molecule has 2 bridgehead atoms. The summed E-state index contributed by atoms with van der Waals surface area (Å²) in [6, 6.07) is 29.3. The highest BCUT2D eigenvalue weighted by Gasteiger charge is 2.35. The van der Waals surface area contributed by atoms with Crippen molar-refractivity contribution in [1.82, 2.24) is 0 Å². The second-order valence-corrected chi connectivity index (χ2v) is 12.5. The second-order valence-electron chi connectivity index (χ2n) is 10.4. The van der Waals surface area contributed by atoms with Crippen molar-refractivity contribution in [3.05, 3.63) is 84.9 Å². The first kappa shape index (κ1) is 25.0. The van der Waals surface area contributed by atoms with E-state index in [4.69, 9.17) is 9.47 Å². The minimum atomic E-state index is -0.269. The Labute approximate surface area is 218 Å². The molecule has 0 radical (unpaired) electrons. The Morgan fingerprint density at radius 1 is 0.722 bits per heavy atom. The summed E-state index contributed by atoms with van der Waals surface area (Å²) in [4.78, 5) is 16.2. The van der Waals surface area contributed by atoms with E-state index in [1.165, 1.54) is 53.2 Å². The van der Waals surface area contributed by atoms with E-state index in [0.29, 0.717) is 18.3 Å². The SMILES string of the molecule is CCC1CC2CC(COC(=O)COc3ccc([S+](c4ccccc4)c4ccccc4)cc3)CC(C1)C2. The third-order valence-corrected chi connectivity index (χ3v) is 10.00. The normalized spacial score (nSPS) is 23.3. The molecule has 0 N–H and O–H groups in total. The van der Waals surface area contributed by atoms with Crippen molar-refractivity contribution in [2.75, 3.05) is 13.2 Å². The lowest BCUT2D eigenvalue weighted by Gasteiger charge is -2.42. The van der Waals surface area contributed by atoms with E-state index in [2.05, 4.69) is 67.6 Å². The number of hydrogen-bond donors (Lipinski definition) is 0. The lowest BCUT2D eigenvalue weighted by Crippen LogP contribution is -2.33. The van der Waals surface area contributed by atoms with E-state index < -0.39 is 0 Å². The first-order valence-corrected chi connectivity index (χ1v) is 14.6. The molecule has 2 fully saturated rings. The Morgan fingerprint density at radius 3 is 1.81 bits per heavy atom. The van der Waals surface area contributed by atoms with Gasteiger partial charge in [0, 0.05) is 0 Å². The van der Waals surface area contributed by atoms with Gasteiger partial charge in [-0.05, 0) is 104 Å². The maximum atomic E-state index is 12.4. The van der Waals surface area contributed by atoms with Crippen LogP contribution in [0, 0.1) is 23.7 Å². The van der Waals surface area contributed by atoms with Crippen LogP contribution in [0.4, 0.5) is 0 Å². The highest BCUT2D eigenvalue weighted by molar-refractivity contribution is 7.97. The molecule has 188 valence electrons. The summed E-state index contributed by atoms with van der Waals surface area (Å²) in [7, 11) is -0.194. The van der Waals surface area contributed by atoms with Gasteiger partial charge in [-0.2, -0.15) is 0 Å². The van der Waals surface area contributed by atoms with Crippen LogP contribution in [0.2, 0.25) is 0 Å². The van der Waals surface area contributed by atoms with Crippen LogP contribution in [-0.2, 0) is 20.4 Å². The molecule has 36 heavy (non-hydrogen) atoms. The average Bonchev–Trinajstić information content (AvgIpc) is 2.92. The lowest BCUT2D eigenvalue weighted by molar-refractivity contribution is -0.148. The molecular weight excluding hydrogens is 464 g/mol. The largest absolute Gasteiger partial charge is 0.482 e. The molecule has 5 rings (SSSR count). The number of ether oxygens (including phenoxy) is 2. The molecule has 2 aliphatic carbocycles. The first-order valence-electron chi connectivity index (χ1n) is 13.4. The van der Waals surface area contributed by atoms with E-state index in [1.807, 2.05) is 24.3 Å². The topological polar surface area (TPSA) is 35.5 Å². The summed E-state index contributed by atoms with van der Waals surface area (Å²) in [6.07, 6.45) is 7.86. The summed E-state index contributed by atoms with van der Waals surface area (Å²) in [5.41, 5.74) is 0. The Kier molecular flexibility index (Phi) is 8.32. The quantitative estimate of drug-likeness (QED) is 0.224. The van der Waals surface area contributed by atoms with Crippen molar-refractivity contribution in [3.63, 3.8) is 0 Å². The molecule has 2 atom stereocenters. The fourth-order valence-electron chi connectivity index (χ4n) is 6.18. The van der Waals surface area contributed by atoms with Crippen LogP contribution in [0.25, 0.3) is 0 Å². The molecule has 3 aromatic carbocycles. The van der Waals surface area contributed by atoms with Crippen molar-refractivity contribution in [3.8, 4) is 5.75 Å². The van der Waals surface area contributed by atoms with Crippen LogP contribution in [-0.4, -0.2) is 19.2 Å². The van der Waals surface area contributed by atoms with Crippen LogP contribution in [0.15, 0.2) is 99.6 Å². The molecule has 2 unspecified atom stereocenters. The van der Waals surface area contributed by atoms with Gasteiger partial charge in [0.05, 0.1) is 17.5 Å². The standard InChI is InChI=1S/C32H37O3S/c1-2-24-17-25-19-26(18-24)21-27(20-25)22-35-32(33)23-34-28-13-15-31(16-14-28)36(29-9-5-3-6-10-29)30-11-7-4-8-12-30/h3-16,24-27H,2,17-23H2,1H3/q+1. The minimum Gasteiger partial charge on any atom is -0.482 e. The van der Waals surface area contributed by atoms with E-state index in [9.17, 15) is 4.79 Å². The van der Waals surface area contributed by atoms with Gasteiger partial charge in [0.2, 0.25) is 0 Å². The molecule has 3 aromatic rings. The number of fused-ring (bicyclic) bond motifs is 2. The van der Waals surface area contributed by atoms with Gasteiger partial charge in [-0.3, -0.25) is 0 Å². The highest BCUT2D eigenvalue weighted by atomic mass is 32.2. The molecule has 0 heterocycles. The van der Waals surface area contributed by atoms with Crippen molar-refractivity contribution >= 4 is 16.9 Å². The third-order valence-electron chi connectivity index (χ3n) is 7.76. The molecule has 0 saturated heterocycles. The summed E-state index contributed by atoms with van der Waals surface area (Å²) in [5, 5.41) is 0. The zero-order chi connectivity index (χ0) is 24.7. The van der Waals surface area contributed by atoms with Gasteiger partial charge >= 0.3 is 5.97 Å². The maximum Gasteiger partial charge on any atom is 0.344 e. The van der Waals surface area contributed by atoms with Gasteiger partial charge in [-0.15, -0.1) is 0 Å². The average molecular weight is 502 g/mol. The van der Waals surface area contributed by atoms with Crippen molar-refractivity contribution in [2.45, 2.75) is 60.1 Å². The van der Waals surface area contributed by atoms with Gasteiger partial charge in [0.15, 0.2) is 21.3 Å². The van der Waals surface area contributed by atoms with Gasteiger partial charge in [-0.1, -0.05) is 49.7 Å². The molecule has 2 aliphatic rings. The molecule has 0 spiro atoms. The van der Waals surface area contributed by atoms with Crippen LogP contribution in [0.1, 0.15) is 45.4 Å². The van der Waals surface area contributed by atoms with Crippen LogP contribution in [0.3, 0.4) is 0 Å². The monoisotopic (exact) mass is 501 g/mol. The highest BCUT2D eigenvalue weighted by Crippen LogP contribution is 2.45. The summed E-state index contributed by atoms with van der Waals surface area (Å²) in [6.45, 7) is 2.83. The summed E-state index contributed by atoms with van der Waals surface area (Å²) < 4.78 is 11.4. The number of rotatable bonds is 9. The summed E-state index contributed by atoms with van der Waals surface area (Å²) in [5.74, 6) is 3.51. The van der Waals surface area contributed by atoms with Gasteiger partial charge in [-0.25, -0.2) is 4.79 Å². The van der Waals surface area contributed by atoms with Crippen molar-refractivity contribution in [2.24, 2.45) is 23.7 Å². The molecule has 4 heteroatoms. The fourth-order valence-corrected chi connectivity index (χ4v) is 8.27. The molecule has 0 aliphatic heterocycles. The number of benzene rings is 3. The molecule has 3 nitrogen and oxygen atoms in total. The van der Waals surface area contributed by atoms with Crippen LogP contribution in [0.5, 0.6) is 5.75 Å². The predicted octanol–water partition coefficient (Wildman–Crippen LogP) is 7.56. The molecule has 0 amide bonds. The van der Waals surface area contributed by atoms with Crippen molar-refractivity contribution in [1.29, 1.82) is 0 Å². The molecule has 2 saturated carbocycles. The number of hydrogen-bond acceptors (Lipinski definition) is 3. The summed E-state index contributed by atoms with van der Waals surface area (Å²) >= 11 is 0. The van der Waals surface area contributed by atoms with Crippen LogP contribution >= 0.6 is 0 Å². The Morgan fingerprint density at radius 2 is 1.25 bits per heavy atom. The Bertz CT molecular complexity index is 1050. The zero-order valence-electron chi connectivity index (χ0n) is 21.2. The Balaban J connectivity index is 1.14. The van der Waals surface area contributed by atoms with Crippen LogP contribution < -0.4 is 4.74 Å². The third kappa shape index (κ3) is 6.34. The van der Waals surface area contributed by atoms with E-state index in [-0.39, 0.29) is 23.5 Å². The van der Waals surface area contributed by atoms with Gasteiger partial charge < -0.3 is 9.47 Å². The van der Waals surface area contributed by atoms with E-state index >= 15 is 0 Å². The fraction of sp³-hybridized carbons (Fsp3) is 0.406. The van der Waals surface area contributed by atoms with Crippen molar-refractivity contribution < 1.29 is 14.3 Å². The zero-order valence-corrected chi connectivity index (χ0v) is 22.0. The first-order chi connectivity index (χ1) is 17.7.